The first-order valence-corrected chi connectivity index (χ1v) is 25.3. The van der Waals surface area contributed by atoms with Crippen LogP contribution in [0.25, 0.3) is 0 Å². The molecule has 14 nitrogen and oxygen atoms in total. The Morgan fingerprint density at radius 1 is 0.853 bits per heavy atom. The molecule has 0 aromatic carbocycles. The molecular weight excluding hydrogens is 871 g/mol. The summed E-state index contributed by atoms with van der Waals surface area (Å²) < 4.78 is 29.4. The summed E-state index contributed by atoms with van der Waals surface area (Å²) in [4.78, 5) is 72.6. The average Bonchev–Trinajstić information content (AvgIpc) is 3.32. The smallest absolute Gasteiger partial charge is 0.296 e. The van der Waals surface area contributed by atoms with Gasteiger partial charge in [0.25, 0.3) is 11.7 Å². The molecule has 0 aromatic rings. The molecule has 3 N–H and O–H groups in total. The van der Waals surface area contributed by atoms with E-state index >= 15 is 0 Å². The van der Waals surface area contributed by atoms with Gasteiger partial charge in [-0.3, -0.25) is 24.0 Å². The van der Waals surface area contributed by atoms with Crippen LogP contribution in [0.3, 0.4) is 0 Å². The van der Waals surface area contributed by atoms with Crippen molar-refractivity contribution in [2.75, 3.05) is 41.1 Å². The highest BCUT2D eigenvalue weighted by atomic mass is 16.6. The van der Waals surface area contributed by atoms with Crippen molar-refractivity contribution in [3.8, 4) is 0 Å². The maximum atomic E-state index is 14.7. The highest BCUT2D eigenvalue weighted by molar-refractivity contribution is 6.39. The van der Waals surface area contributed by atoms with Gasteiger partial charge in [-0.25, -0.2) is 0 Å². The first kappa shape index (κ1) is 57.4. The van der Waals surface area contributed by atoms with Gasteiger partial charge in [-0.1, -0.05) is 71.1 Å². The molecule has 2 saturated heterocycles. The van der Waals surface area contributed by atoms with Crippen molar-refractivity contribution >= 4 is 29.0 Å². The summed E-state index contributed by atoms with van der Waals surface area (Å²) in [6.45, 7) is 13.3. The number of aliphatic hydroxyl groups is 3. The van der Waals surface area contributed by atoms with E-state index in [0.29, 0.717) is 63.4 Å². The molecule has 14 heteroatoms. The molecule has 0 radical (unpaired) electrons. The minimum Gasteiger partial charge on any atom is -0.394 e. The Morgan fingerprint density at radius 2 is 1.59 bits per heavy atom. The van der Waals surface area contributed by atoms with Crippen molar-refractivity contribution in [3.63, 3.8) is 0 Å². The van der Waals surface area contributed by atoms with Crippen molar-refractivity contribution in [2.24, 2.45) is 41.4 Å². The van der Waals surface area contributed by atoms with E-state index in [-0.39, 0.29) is 79.9 Å². The van der Waals surface area contributed by atoms with E-state index in [2.05, 4.69) is 0 Å². The van der Waals surface area contributed by atoms with E-state index in [1.807, 2.05) is 58.1 Å². The number of ether oxygens (including phenoxy) is 5. The number of rotatable bonds is 9. The summed E-state index contributed by atoms with van der Waals surface area (Å²) in [6.07, 6.45) is 14.1. The van der Waals surface area contributed by atoms with Gasteiger partial charge < -0.3 is 43.9 Å². The number of carbonyl (C=O) groups excluding carboxylic acids is 5. The number of nitrogens with zero attached hydrogens (tertiary/aromatic N) is 1. The predicted molar refractivity (Wildman–Crippen MR) is 259 cm³/mol. The molecule has 3 heterocycles. The Hall–Kier alpha value is -3.21. The first-order valence-electron chi connectivity index (χ1n) is 25.3. The lowest BCUT2D eigenvalue weighted by Crippen LogP contribution is -2.60. The van der Waals surface area contributed by atoms with Crippen LogP contribution in [0.15, 0.2) is 47.6 Å². The van der Waals surface area contributed by atoms with Crippen molar-refractivity contribution in [1.29, 1.82) is 0 Å². The maximum absolute atomic E-state index is 14.7. The quantitative estimate of drug-likeness (QED) is 0.203. The standard InChI is InChI=1S/C54H85NO13/c1-33-16-12-11-13-17-34(2)47(64-8)32-42-21-19-39(7)54(63,68-42)52(61)53(62)55-23-15-14-18-43(55)45(58)31-41(35(3)28-40-20-22-46(67-25-24-56)48(29-40)65-9)30-44(57)36(4)27-38(6)50(60)51(66-10)49(59)37(5)26-33/h11-13,16-17,27,33,35,37-43,46-48,50-51,56,60,63H,14-15,18-26,28-32H2,1-10H3/t33-,35-,37-,38?,39-,40+,41-,42+,43+,46-,47+,48-,50-,51+,54-/m1/s1. The van der Waals surface area contributed by atoms with Gasteiger partial charge in [0.15, 0.2) is 17.3 Å². The molecular formula is C54H85NO13. The van der Waals surface area contributed by atoms with E-state index in [0.717, 1.165) is 18.4 Å². The van der Waals surface area contributed by atoms with E-state index in [1.165, 1.54) is 12.0 Å². The number of hydrogen-bond acceptors (Lipinski definition) is 13. The van der Waals surface area contributed by atoms with Crippen molar-refractivity contribution in [1.82, 2.24) is 4.90 Å². The van der Waals surface area contributed by atoms with Gasteiger partial charge in [0.1, 0.15) is 6.10 Å². The van der Waals surface area contributed by atoms with Gasteiger partial charge in [-0.15, -0.1) is 0 Å². The number of fused-ring (bicyclic) bond motifs is 3. The fourth-order valence-corrected chi connectivity index (χ4v) is 11.0. The van der Waals surface area contributed by atoms with Crippen molar-refractivity contribution in [2.45, 2.75) is 180 Å². The van der Waals surface area contributed by atoms with Gasteiger partial charge in [-0.05, 0) is 113 Å². The molecule has 0 spiro atoms. The van der Waals surface area contributed by atoms with Gasteiger partial charge >= 0.3 is 0 Å². The number of carbonyl (C=O) groups is 5. The van der Waals surface area contributed by atoms with Crippen LogP contribution in [0, 0.1) is 41.4 Å². The zero-order chi connectivity index (χ0) is 50.3. The largest absolute Gasteiger partial charge is 0.394 e. The number of aliphatic hydroxyl groups excluding tert-OH is 2. The third-order valence-electron chi connectivity index (χ3n) is 15.4. The second-order valence-electron chi connectivity index (χ2n) is 20.6. The van der Waals surface area contributed by atoms with Crippen LogP contribution in [0.2, 0.25) is 0 Å². The number of piperidine rings is 1. The second kappa shape index (κ2) is 27.4. The summed E-state index contributed by atoms with van der Waals surface area (Å²) >= 11 is 0. The highest BCUT2D eigenvalue weighted by Gasteiger charge is 2.53. The molecule has 15 atom stereocenters. The Morgan fingerprint density at radius 3 is 2.26 bits per heavy atom. The average molecular weight is 956 g/mol. The van der Waals surface area contributed by atoms with Crippen LogP contribution in [0.5, 0.6) is 0 Å². The summed E-state index contributed by atoms with van der Waals surface area (Å²) in [5, 5.41) is 32.9. The third kappa shape index (κ3) is 15.4. The van der Waals surface area contributed by atoms with Gasteiger partial charge in [0.2, 0.25) is 5.79 Å². The Labute approximate surface area is 406 Å². The summed E-state index contributed by atoms with van der Waals surface area (Å²) in [7, 11) is 4.64. The lowest BCUT2D eigenvalue weighted by molar-refractivity contribution is -0.265. The Bertz CT molecular complexity index is 1810. The molecule has 68 heavy (non-hydrogen) atoms. The van der Waals surface area contributed by atoms with Crippen LogP contribution >= 0.6 is 0 Å². The lowest BCUT2D eigenvalue weighted by Gasteiger charge is -2.43. The van der Waals surface area contributed by atoms with Crippen LogP contribution in [0.1, 0.15) is 132 Å². The number of allylic oxidation sites excluding steroid dienone is 6. The van der Waals surface area contributed by atoms with Crippen LogP contribution in [-0.2, 0) is 47.7 Å². The van der Waals surface area contributed by atoms with Gasteiger partial charge in [0, 0.05) is 64.9 Å². The second-order valence-corrected chi connectivity index (χ2v) is 20.6. The van der Waals surface area contributed by atoms with Gasteiger partial charge in [0.05, 0.1) is 49.8 Å². The van der Waals surface area contributed by atoms with Crippen molar-refractivity contribution < 1.29 is 63.0 Å². The van der Waals surface area contributed by atoms with Crippen LogP contribution in [0.4, 0.5) is 0 Å². The number of amides is 1. The minimum absolute atomic E-state index is 0.0187. The molecule has 1 aliphatic carbocycles. The third-order valence-corrected chi connectivity index (χ3v) is 15.4. The maximum Gasteiger partial charge on any atom is 0.296 e. The first-order chi connectivity index (χ1) is 32.3. The number of hydrogen-bond donors (Lipinski definition) is 3. The molecule has 3 aliphatic heterocycles. The molecule has 0 aromatic heterocycles. The lowest BCUT2D eigenvalue weighted by atomic mass is 9.74. The zero-order valence-corrected chi connectivity index (χ0v) is 42.7. The molecule has 1 saturated carbocycles. The summed E-state index contributed by atoms with van der Waals surface area (Å²) in [6, 6.07) is -0.925. The predicted octanol–water partition coefficient (Wildman–Crippen LogP) is 6.86. The van der Waals surface area contributed by atoms with Gasteiger partial charge in [-0.2, -0.15) is 0 Å². The fourth-order valence-electron chi connectivity index (χ4n) is 11.0. The van der Waals surface area contributed by atoms with E-state index < -0.39 is 71.6 Å². The normalized spacial score (nSPS) is 36.8. The van der Waals surface area contributed by atoms with Crippen molar-refractivity contribution in [3.05, 3.63) is 47.6 Å². The zero-order valence-electron chi connectivity index (χ0n) is 42.7. The van der Waals surface area contributed by atoms with Crippen LogP contribution < -0.4 is 0 Å². The highest BCUT2D eigenvalue weighted by Crippen LogP contribution is 2.39. The number of Topliss-reactive ketones (excluding diaryl/α,β-unsaturated/α-hetero) is 4. The number of ketones is 4. The molecule has 1 amide bonds. The fraction of sp³-hybridized carbons (Fsp3) is 0.759. The topological polar surface area (TPSA) is 195 Å². The molecule has 1 unspecified atom stereocenters. The molecule has 3 fully saturated rings. The van der Waals surface area contributed by atoms with E-state index in [1.54, 1.807) is 41.1 Å². The molecule has 4 rings (SSSR count). The molecule has 2 bridgehead atoms. The van der Waals surface area contributed by atoms with E-state index in [4.69, 9.17) is 23.7 Å². The SMILES string of the molecule is CO[C@H]1C[C@@H]2CC[C@@H](C)[C@@](O)(O2)C(=O)C(=O)N2CCCC[C@H]2C(=O)C[C@H]([C@H](C)C[C@@H]2CC[C@@H](OCCO)[C@H](OC)C2)CC(=O)C(C)=CC(C)[C@@H](O)[C@@H](OC)C(=O)[C@H](C)C[C@H](C)C=CC=CC=C1C. The van der Waals surface area contributed by atoms with Crippen LogP contribution in [-0.4, -0.2) is 139 Å². The number of methoxy groups -OCH3 is 3. The minimum atomic E-state index is -2.39. The monoisotopic (exact) mass is 956 g/mol. The summed E-state index contributed by atoms with van der Waals surface area (Å²) in [5.41, 5.74) is 1.28. The Balaban J connectivity index is 1.70. The Kier molecular flexibility index (Phi) is 23.1. The molecule has 4 aliphatic rings. The molecule has 384 valence electrons. The van der Waals surface area contributed by atoms with E-state index in [9.17, 15) is 39.3 Å². The summed E-state index contributed by atoms with van der Waals surface area (Å²) in [5.74, 6) is -7.15.